The molecule has 0 aromatic heterocycles. The zero-order valence-electron chi connectivity index (χ0n) is 11.7. The van der Waals surface area contributed by atoms with Gasteiger partial charge in [0.05, 0.1) is 7.11 Å². The molecule has 0 bridgehead atoms. The molecule has 106 valence electrons. The van der Waals surface area contributed by atoms with E-state index in [1.807, 2.05) is 54.6 Å². The summed E-state index contributed by atoms with van der Waals surface area (Å²) in [5.74, 6) is 0.0127. The molecule has 1 saturated heterocycles. The van der Waals surface area contributed by atoms with Gasteiger partial charge in [-0.1, -0.05) is 42.5 Å². The van der Waals surface area contributed by atoms with Gasteiger partial charge in [0, 0.05) is 6.54 Å². The highest BCUT2D eigenvalue weighted by atomic mass is 16.5. The van der Waals surface area contributed by atoms with Gasteiger partial charge in [-0.3, -0.25) is 9.59 Å². The van der Waals surface area contributed by atoms with Gasteiger partial charge in [-0.25, -0.2) is 0 Å². The Labute approximate surface area is 123 Å². The Hall–Kier alpha value is -2.62. The number of ether oxygens (including phenoxy) is 1. The van der Waals surface area contributed by atoms with E-state index in [1.54, 1.807) is 12.0 Å². The third-order valence-electron chi connectivity index (χ3n) is 3.66. The van der Waals surface area contributed by atoms with Crippen molar-refractivity contribution in [2.45, 2.75) is 12.6 Å². The van der Waals surface area contributed by atoms with Crippen LogP contribution in [0.1, 0.15) is 17.2 Å². The molecule has 0 N–H and O–H groups in total. The second-order valence-corrected chi connectivity index (χ2v) is 4.96. The number of rotatable bonds is 4. The molecule has 4 nitrogen and oxygen atoms in total. The summed E-state index contributed by atoms with van der Waals surface area (Å²) >= 11 is 0. The van der Waals surface area contributed by atoms with Crippen LogP contribution in [0, 0.1) is 0 Å². The summed E-state index contributed by atoms with van der Waals surface area (Å²) in [5, 5.41) is 0. The minimum absolute atomic E-state index is 0.338. The smallest absolute Gasteiger partial charge is 0.293 e. The molecule has 1 heterocycles. The number of nitrogens with zero attached hydrogens (tertiary/aromatic N) is 1. The average molecular weight is 281 g/mol. The van der Waals surface area contributed by atoms with Crippen LogP contribution >= 0.6 is 0 Å². The summed E-state index contributed by atoms with van der Waals surface area (Å²) in [5.41, 5.74) is 1.83. The van der Waals surface area contributed by atoms with E-state index in [4.69, 9.17) is 4.74 Å². The highest BCUT2D eigenvalue weighted by Crippen LogP contribution is 2.32. The fourth-order valence-electron chi connectivity index (χ4n) is 2.51. The molecule has 0 radical (unpaired) electrons. The van der Waals surface area contributed by atoms with Gasteiger partial charge < -0.3 is 9.64 Å². The topological polar surface area (TPSA) is 46.6 Å². The zero-order valence-corrected chi connectivity index (χ0v) is 11.7. The number of methoxy groups -OCH3 is 1. The van der Waals surface area contributed by atoms with E-state index < -0.39 is 11.9 Å². The molecule has 0 saturated carbocycles. The second-order valence-electron chi connectivity index (χ2n) is 4.96. The maximum Gasteiger partial charge on any atom is 0.293 e. The predicted molar refractivity (Wildman–Crippen MR) is 77.7 cm³/mol. The highest BCUT2D eigenvalue weighted by molar-refractivity contribution is 6.44. The van der Waals surface area contributed by atoms with E-state index in [0.29, 0.717) is 6.54 Å². The molecule has 1 aliphatic rings. The Bertz CT molecular complexity index is 664. The van der Waals surface area contributed by atoms with Crippen LogP contribution < -0.4 is 4.74 Å². The molecule has 2 aromatic rings. The monoisotopic (exact) mass is 281 g/mol. The molecule has 1 amide bonds. The van der Waals surface area contributed by atoms with Crippen LogP contribution in [0.3, 0.4) is 0 Å². The third-order valence-corrected chi connectivity index (χ3v) is 3.66. The number of Topliss-reactive ketones (excluding diaryl/α,β-unsaturated/α-hetero) is 1. The first-order valence-corrected chi connectivity index (χ1v) is 6.73. The van der Waals surface area contributed by atoms with Crippen molar-refractivity contribution in [1.29, 1.82) is 0 Å². The summed E-state index contributed by atoms with van der Waals surface area (Å²) in [4.78, 5) is 25.3. The third kappa shape index (κ3) is 2.40. The van der Waals surface area contributed by atoms with Gasteiger partial charge in [-0.2, -0.15) is 0 Å². The Morgan fingerprint density at radius 2 is 1.67 bits per heavy atom. The Morgan fingerprint density at radius 1 is 1.00 bits per heavy atom. The number of benzene rings is 2. The Balaban J connectivity index is 1.80. The molecular formula is C17H15NO3. The lowest BCUT2D eigenvalue weighted by Crippen LogP contribution is -2.54. The van der Waals surface area contributed by atoms with Gasteiger partial charge in [0.15, 0.2) is 0 Å². The summed E-state index contributed by atoms with van der Waals surface area (Å²) in [6.45, 7) is 0.425. The summed E-state index contributed by atoms with van der Waals surface area (Å²) in [6.07, 6.45) is 0. The Morgan fingerprint density at radius 3 is 2.29 bits per heavy atom. The van der Waals surface area contributed by atoms with Gasteiger partial charge in [-0.05, 0) is 23.3 Å². The molecule has 0 aliphatic carbocycles. The SMILES string of the molecule is COc1ccc(CN2C(=O)C(=O)[C@@H]2c2ccccc2)cc1. The van der Waals surface area contributed by atoms with Crippen LogP contribution in [0.15, 0.2) is 54.6 Å². The Kier molecular flexibility index (Phi) is 3.44. The van der Waals surface area contributed by atoms with Gasteiger partial charge >= 0.3 is 0 Å². The second kappa shape index (κ2) is 5.40. The van der Waals surface area contributed by atoms with Crippen LogP contribution in [0.4, 0.5) is 0 Å². The lowest BCUT2D eigenvalue weighted by molar-refractivity contribution is -0.162. The van der Waals surface area contributed by atoms with Gasteiger partial charge in [0.2, 0.25) is 5.78 Å². The molecule has 3 rings (SSSR count). The number of carbonyl (C=O) groups excluding carboxylic acids is 2. The van der Waals surface area contributed by atoms with Crippen LogP contribution in [-0.4, -0.2) is 23.7 Å². The van der Waals surface area contributed by atoms with E-state index in [1.165, 1.54) is 0 Å². The van der Waals surface area contributed by atoms with Crippen molar-refractivity contribution < 1.29 is 14.3 Å². The van der Waals surface area contributed by atoms with Crippen molar-refractivity contribution in [1.82, 2.24) is 4.90 Å². The largest absolute Gasteiger partial charge is 0.497 e. The van der Waals surface area contributed by atoms with Crippen LogP contribution in [0.2, 0.25) is 0 Å². The number of hydrogen-bond donors (Lipinski definition) is 0. The average Bonchev–Trinajstić information content (AvgIpc) is 2.55. The first-order chi connectivity index (χ1) is 10.2. The fourth-order valence-corrected chi connectivity index (χ4v) is 2.51. The molecule has 2 aromatic carbocycles. The van der Waals surface area contributed by atoms with Crippen molar-refractivity contribution in [2.75, 3.05) is 7.11 Å². The van der Waals surface area contributed by atoms with Crippen molar-refractivity contribution in [2.24, 2.45) is 0 Å². The van der Waals surface area contributed by atoms with E-state index in [9.17, 15) is 9.59 Å². The van der Waals surface area contributed by atoms with Crippen molar-refractivity contribution in [3.8, 4) is 5.75 Å². The molecule has 4 heteroatoms. The molecule has 1 atom stereocenters. The van der Waals surface area contributed by atoms with Gasteiger partial charge in [0.1, 0.15) is 11.8 Å². The number of hydrogen-bond acceptors (Lipinski definition) is 3. The van der Waals surface area contributed by atoms with Crippen molar-refractivity contribution in [3.05, 3.63) is 65.7 Å². The van der Waals surface area contributed by atoms with E-state index in [2.05, 4.69) is 0 Å². The molecular weight excluding hydrogens is 266 g/mol. The molecule has 1 fully saturated rings. The number of ketones is 1. The minimum Gasteiger partial charge on any atom is -0.497 e. The van der Waals surface area contributed by atoms with Gasteiger partial charge in [-0.15, -0.1) is 0 Å². The minimum atomic E-state index is -0.458. The first-order valence-electron chi connectivity index (χ1n) is 6.73. The lowest BCUT2D eigenvalue weighted by atomic mass is 9.92. The van der Waals surface area contributed by atoms with E-state index in [-0.39, 0.29) is 5.78 Å². The number of likely N-dealkylation sites (tertiary alicyclic amines) is 1. The fraction of sp³-hybridized carbons (Fsp3) is 0.176. The van der Waals surface area contributed by atoms with E-state index >= 15 is 0 Å². The van der Waals surface area contributed by atoms with E-state index in [0.717, 1.165) is 16.9 Å². The maximum atomic E-state index is 11.9. The molecule has 0 unspecified atom stereocenters. The highest BCUT2D eigenvalue weighted by Gasteiger charge is 2.46. The summed E-state index contributed by atoms with van der Waals surface area (Å²) in [7, 11) is 1.61. The summed E-state index contributed by atoms with van der Waals surface area (Å²) < 4.78 is 5.11. The van der Waals surface area contributed by atoms with Crippen molar-refractivity contribution >= 4 is 11.7 Å². The van der Waals surface area contributed by atoms with Crippen molar-refractivity contribution in [3.63, 3.8) is 0 Å². The molecule has 21 heavy (non-hydrogen) atoms. The number of amides is 1. The molecule has 1 aliphatic heterocycles. The number of carbonyl (C=O) groups is 2. The quantitative estimate of drug-likeness (QED) is 0.638. The zero-order chi connectivity index (χ0) is 14.8. The normalized spacial score (nSPS) is 17.6. The standard InChI is InChI=1S/C17H15NO3/c1-21-14-9-7-12(8-10-14)11-18-15(16(19)17(18)20)13-5-3-2-4-6-13/h2-10,15H,11H2,1H3/t15-/m0/s1. The van der Waals surface area contributed by atoms with Crippen LogP contribution in [0.5, 0.6) is 5.75 Å². The van der Waals surface area contributed by atoms with Crippen LogP contribution in [-0.2, 0) is 16.1 Å². The first kappa shape index (κ1) is 13.4. The summed E-state index contributed by atoms with van der Waals surface area (Å²) in [6, 6.07) is 16.4. The lowest BCUT2D eigenvalue weighted by Gasteiger charge is -2.38. The van der Waals surface area contributed by atoms with Crippen LogP contribution in [0.25, 0.3) is 0 Å². The maximum absolute atomic E-state index is 11.9. The predicted octanol–water partition coefficient (Wildman–Crippen LogP) is 2.35. The van der Waals surface area contributed by atoms with Gasteiger partial charge in [0.25, 0.3) is 5.91 Å². The molecule has 0 spiro atoms. The number of β-lactam (4-membered cyclic amide) rings is 1.